The first-order valence-corrected chi connectivity index (χ1v) is 35.0. The van der Waals surface area contributed by atoms with Gasteiger partial charge in [-0.15, -0.1) is 0 Å². The van der Waals surface area contributed by atoms with Crippen molar-refractivity contribution in [2.45, 2.75) is 98.3 Å². The Balaban J connectivity index is 0.000000148. The SMILES string of the molecule is CC1CCCC1.Cc1cc(C)cc(-c2ccc3c(C4CCCC4)cccc3n2)c1.Cc1cc(C)cc(-c2ccc3c(Cl)cccc3n2)c1.[Cl][Ni][Cl].c1ccc([PH+](CCC[PH+](c2ccccc2)c2ccccc2)c2ccccc2)cc1. The Bertz CT molecular complexity index is 3260. The minimum absolute atomic E-state index is 0.569. The van der Waals surface area contributed by atoms with Crippen LogP contribution in [0.5, 0.6) is 0 Å². The van der Waals surface area contributed by atoms with E-state index in [2.05, 4.69) is 223 Å². The van der Waals surface area contributed by atoms with Crippen molar-refractivity contribution < 1.29 is 12.7 Å². The van der Waals surface area contributed by atoms with E-state index >= 15 is 0 Å². The minimum Gasteiger partial charge on any atom is -0.0620 e. The second kappa shape index (κ2) is 31.9. The quantitative estimate of drug-likeness (QED) is 0.0953. The van der Waals surface area contributed by atoms with E-state index in [9.17, 15) is 0 Å². The molecule has 0 atom stereocenters. The number of pyridine rings is 2. The molecule has 2 aliphatic rings. The van der Waals surface area contributed by atoms with E-state index < -0.39 is 15.8 Å². The maximum Gasteiger partial charge on any atom is 0.0966 e. The number of aromatic nitrogens is 2. The molecular weight excluding hydrogens is 1120 g/mol. The van der Waals surface area contributed by atoms with Gasteiger partial charge in [0.2, 0.25) is 0 Å². The first-order chi connectivity index (χ1) is 39.1. The van der Waals surface area contributed by atoms with Gasteiger partial charge in [-0.3, -0.25) is 0 Å². The molecule has 2 aromatic heterocycles. The molecule has 0 spiro atoms. The van der Waals surface area contributed by atoms with Crippen molar-refractivity contribution >= 4 is 90.9 Å². The van der Waals surface area contributed by atoms with Gasteiger partial charge >= 0.3 is 33.0 Å². The monoisotopic (exact) mass is 1190 g/mol. The zero-order chi connectivity index (χ0) is 56.1. The third kappa shape index (κ3) is 17.9. The molecule has 0 unspecified atom stereocenters. The molecule has 2 fully saturated rings. The Morgan fingerprint density at radius 3 is 1.18 bits per heavy atom. The van der Waals surface area contributed by atoms with Crippen LogP contribution in [-0.2, 0) is 12.7 Å². The van der Waals surface area contributed by atoms with Crippen molar-refractivity contribution in [1.82, 2.24) is 9.97 Å². The summed E-state index contributed by atoms with van der Waals surface area (Å²) in [6.45, 7) is 10.8. The van der Waals surface area contributed by atoms with Gasteiger partial charge in [0.1, 0.15) is 0 Å². The van der Waals surface area contributed by atoms with Crippen LogP contribution < -0.4 is 21.2 Å². The van der Waals surface area contributed by atoms with Gasteiger partial charge < -0.3 is 0 Å². The van der Waals surface area contributed by atoms with Gasteiger partial charge in [-0.2, -0.15) is 0 Å². The first kappa shape index (κ1) is 60.9. The number of halogens is 3. The summed E-state index contributed by atoms with van der Waals surface area (Å²) < 4.78 is 0. The maximum atomic E-state index is 6.17. The van der Waals surface area contributed by atoms with Crippen molar-refractivity contribution in [3.63, 3.8) is 0 Å². The molecule has 80 heavy (non-hydrogen) atoms. The normalized spacial score (nSPS) is 13.2. The van der Waals surface area contributed by atoms with Crippen LogP contribution in [0.15, 0.2) is 218 Å². The molecule has 2 nitrogen and oxygen atoms in total. The molecule has 0 radical (unpaired) electrons. The van der Waals surface area contributed by atoms with Crippen LogP contribution in [0.4, 0.5) is 0 Å². The number of hydrogen-bond acceptors (Lipinski definition) is 2. The molecule has 0 aliphatic heterocycles. The van der Waals surface area contributed by atoms with E-state index in [0.29, 0.717) is 12.7 Å². The van der Waals surface area contributed by atoms with Gasteiger partial charge in [0, 0.05) is 33.3 Å². The van der Waals surface area contributed by atoms with Crippen molar-refractivity contribution in [3.05, 3.63) is 251 Å². The summed E-state index contributed by atoms with van der Waals surface area (Å²) in [5, 5.41) is 9.18. The molecule has 0 N–H and O–H groups in total. The third-order valence-electron chi connectivity index (χ3n) is 15.3. The molecule has 0 bridgehead atoms. The van der Waals surface area contributed by atoms with Gasteiger partial charge in [-0.05, 0) is 167 Å². The van der Waals surface area contributed by atoms with E-state index in [1.54, 1.807) is 0 Å². The van der Waals surface area contributed by atoms with Gasteiger partial charge in [-0.1, -0.05) is 188 Å². The van der Waals surface area contributed by atoms with E-state index in [1.807, 2.05) is 30.3 Å². The average Bonchev–Trinajstić information content (AvgIpc) is 4.25. The Kier molecular flexibility index (Phi) is 24.3. The maximum absolute atomic E-state index is 6.17. The summed E-state index contributed by atoms with van der Waals surface area (Å²) in [5.74, 6) is 1.78. The molecule has 8 aromatic carbocycles. The van der Waals surface area contributed by atoms with Gasteiger partial charge in [0.25, 0.3) is 0 Å². The summed E-state index contributed by atoms with van der Waals surface area (Å²) in [6.07, 6.45) is 15.2. The molecule has 2 aliphatic carbocycles. The summed E-state index contributed by atoms with van der Waals surface area (Å²) in [4.78, 5) is 9.66. The number of aryl methyl sites for hydroxylation is 4. The topological polar surface area (TPSA) is 25.8 Å². The molecule has 8 heteroatoms. The molecule has 12 rings (SSSR count). The number of benzene rings is 8. The number of rotatable bonds is 11. The van der Waals surface area contributed by atoms with Crippen LogP contribution in [0.25, 0.3) is 44.3 Å². The van der Waals surface area contributed by atoms with Gasteiger partial charge in [0.05, 0.1) is 71.8 Å². The minimum atomic E-state index is -0.742. The number of hydrogen-bond donors (Lipinski definition) is 0. The fraction of sp³-hybridized carbons (Fsp3) is 0.250. The summed E-state index contributed by atoms with van der Waals surface area (Å²) in [5.41, 5.74) is 13.1. The Hall–Kier alpha value is -5.20. The van der Waals surface area contributed by atoms with Crippen molar-refractivity contribution in [3.8, 4) is 22.5 Å². The fourth-order valence-corrected chi connectivity index (χ4v) is 17.3. The van der Waals surface area contributed by atoms with Crippen molar-refractivity contribution in [2.24, 2.45) is 5.92 Å². The fourth-order valence-electron chi connectivity index (χ4n) is 11.5. The van der Waals surface area contributed by atoms with Crippen LogP contribution in [0.2, 0.25) is 5.02 Å². The molecule has 2 heterocycles. The van der Waals surface area contributed by atoms with Crippen LogP contribution in [0.1, 0.15) is 98.4 Å². The van der Waals surface area contributed by atoms with Gasteiger partial charge in [-0.25, -0.2) is 9.97 Å². The molecular formula is C72H77Cl3N2NiP2+2. The second-order valence-corrected chi connectivity index (χ2v) is 28.8. The largest absolute Gasteiger partial charge is 0.0966 e. The van der Waals surface area contributed by atoms with E-state index in [1.165, 1.54) is 130 Å². The van der Waals surface area contributed by atoms with E-state index in [0.717, 1.165) is 50.2 Å². The summed E-state index contributed by atoms with van der Waals surface area (Å²) in [7, 11) is 7.92. The molecule has 10 aromatic rings. The number of nitrogens with zero attached hydrogens (tertiary/aromatic N) is 2. The van der Waals surface area contributed by atoms with Crippen molar-refractivity contribution in [1.29, 1.82) is 0 Å². The molecule has 414 valence electrons. The zero-order valence-corrected chi connectivity index (χ0v) is 52.3. The molecule has 0 amide bonds. The summed E-state index contributed by atoms with van der Waals surface area (Å²) in [6, 6.07) is 78.7. The van der Waals surface area contributed by atoms with Crippen LogP contribution >= 0.6 is 47.8 Å². The summed E-state index contributed by atoms with van der Waals surface area (Å²) >= 11 is 6.74. The van der Waals surface area contributed by atoms with Crippen LogP contribution in [-0.4, -0.2) is 22.3 Å². The Labute approximate surface area is 500 Å². The van der Waals surface area contributed by atoms with E-state index in [4.69, 9.17) is 42.0 Å². The third-order valence-corrected chi connectivity index (χ3v) is 21.4. The van der Waals surface area contributed by atoms with Gasteiger partial charge in [0.15, 0.2) is 0 Å². The Morgan fingerprint density at radius 1 is 0.425 bits per heavy atom. The molecule has 2 saturated carbocycles. The van der Waals surface area contributed by atoms with E-state index in [-0.39, 0.29) is 0 Å². The molecule has 0 saturated heterocycles. The smallest absolute Gasteiger partial charge is 0.0620 e. The van der Waals surface area contributed by atoms with Crippen LogP contribution in [0, 0.1) is 33.6 Å². The first-order valence-electron chi connectivity index (χ1n) is 28.4. The van der Waals surface area contributed by atoms with Crippen molar-refractivity contribution in [2.75, 3.05) is 12.3 Å². The standard InChI is InChI=1S/C27H26P2.C22H23N.C17H14ClN.C6H12.2ClH.Ni/c1-5-14-24(15-6-1)28(25-16-7-2-8-17-25)22-13-23-29(26-18-9-3-10-19-26)27-20-11-4-12-21-27;1-15-12-16(2)14-18(13-15)21-11-10-20-19(17-6-3-4-7-17)8-5-9-22(20)23-21;1-11-8-12(2)10-13(9-11)16-7-6-14-15(18)4-3-5-17(14)19-16;1-6-4-2-3-5-6;;;/h1-12,14-21H,13,22-23H2;5,8-14,17H,3-4,6-7H2,1-2H3;3-10H,1-2H3;6H,2-5H2,1H3;2*1H;/q;;;;;;+2. The average molecular weight is 1200 g/mol. The number of fused-ring (bicyclic) bond motifs is 2. The predicted molar refractivity (Wildman–Crippen MR) is 354 cm³/mol. The second-order valence-electron chi connectivity index (χ2n) is 21.6. The predicted octanol–water partition coefficient (Wildman–Crippen LogP) is 20.0. The van der Waals surface area contributed by atoms with Crippen LogP contribution in [0.3, 0.4) is 0 Å². The zero-order valence-electron chi connectivity index (χ0n) is 47.1. The Morgan fingerprint density at radius 2 is 0.787 bits per heavy atom.